The highest BCUT2D eigenvalue weighted by atomic mass is 16.5. The molecule has 0 aromatic heterocycles. The summed E-state index contributed by atoms with van der Waals surface area (Å²) in [7, 11) is 0. The molecule has 0 aliphatic heterocycles. The lowest BCUT2D eigenvalue weighted by molar-refractivity contribution is -0.145. The number of carbonyl (C=O) groups is 3. The standard InChI is InChI=1S/C30H57NO5/c1-3-5-7-9-11-13-15-17-19-21-23-28(32)31-27(30(34)35)24-25-29(33)36-26-22-20-18-16-14-12-10-8-6-4-2/h27H,3-26H2,1-2H3,(H,31,32)(H,34,35)/t27-/m0/s1. The van der Waals surface area contributed by atoms with E-state index in [4.69, 9.17) is 4.74 Å². The van der Waals surface area contributed by atoms with E-state index in [1.165, 1.54) is 89.9 Å². The average Bonchev–Trinajstić information content (AvgIpc) is 2.86. The summed E-state index contributed by atoms with van der Waals surface area (Å²) in [5.74, 6) is -1.74. The monoisotopic (exact) mass is 511 g/mol. The maximum absolute atomic E-state index is 12.1. The third kappa shape index (κ3) is 24.1. The Morgan fingerprint density at radius 2 is 1.03 bits per heavy atom. The number of ether oxygens (including phenoxy) is 1. The molecule has 0 radical (unpaired) electrons. The molecular weight excluding hydrogens is 454 g/mol. The summed E-state index contributed by atoms with van der Waals surface area (Å²) in [6, 6.07) is -1.04. The number of carboxylic acids is 1. The average molecular weight is 512 g/mol. The number of carbonyl (C=O) groups excluding carboxylic acids is 2. The minimum Gasteiger partial charge on any atom is -0.480 e. The number of hydrogen-bond acceptors (Lipinski definition) is 4. The highest BCUT2D eigenvalue weighted by Crippen LogP contribution is 2.12. The van der Waals surface area contributed by atoms with Crippen LogP contribution in [0.4, 0.5) is 0 Å². The first-order chi connectivity index (χ1) is 17.5. The first-order valence-electron chi connectivity index (χ1n) is 15.2. The molecule has 6 nitrogen and oxygen atoms in total. The van der Waals surface area contributed by atoms with Gasteiger partial charge in [0.05, 0.1) is 6.61 Å². The minimum absolute atomic E-state index is 0.00721. The number of nitrogens with one attached hydrogen (secondary N) is 1. The van der Waals surface area contributed by atoms with Crippen LogP contribution in [-0.2, 0) is 19.1 Å². The van der Waals surface area contributed by atoms with E-state index in [9.17, 15) is 19.5 Å². The highest BCUT2D eigenvalue weighted by molar-refractivity contribution is 5.84. The molecule has 0 heterocycles. The van der Waals surface area contributed by atoms with Crippen molar-refractivity contribution in [2.45, 2.75) is 168 Å². The normalized spacial score (nSPS) is 11.8. The molecule has 0 fully saturated rings. The van der Waals surface area contributed by atoms with Crippen LogP contribution in [-0.4, -0.2) is 35.6 Å². The fourth-order valence-electron chi connectivity index (χ4n) is 4.41. The lowest BCUT2D eigenvalue weighted by Crippen LogP contribution is -2.41. The molecule has 0 saturated heterocycles. The van der Waals surface area contributed by atoms with Gasteiger partial charge in [-0.05, 0) is 19.3 Å². The van der Waals surface area contributed by atoms with Gasteiger partial charge in [-0.2, -0.15) is 0 Å². The van der Waals surface area contributed by atoms with E-state index >= 15 is 0 Å². The number of carboxylic acid groups (broad SMARTS) is 1. The molecule has 1 amide bonds. The van der Waals surface area contributed by atoms with Gasteiger partial charge in [-0.1, -0.05) is 129 Å². The van der Waals surface area contributed by atoms with Crippen LogP contribution in [0, 0.1) is 0 Å². The Hall–Kier alpha value is -1.59. The lowest BCUT2D eigenvalue weighted by Gasteiger charge is -2.14. The molecule has 0 aromatic carbocycles. The summed E-state index contributed by atoms with van der Waals surface area (Å²) in [6.07, 6.45) is 24.5. The molecule has 0 aliphatic rings. The third-order valence-corrected chi connectivity index (χ3v) is 6.79. The van der Waals surface area contributed by atoms with E-state index in [1.807, 2.05) is 0 Å². The van der Waals surface area contributed by atoms with E-state index < -0.39 is 12.0 Å². The van der Waals surface area contributed by atoms with Crippen molar-refractivity contribution in [3.63, 3.8) is 0 Å². The van der Waals surface area contributed by atoms with Gasteiger partial charge in [0.15, 0.2) is 0 Å². The van der Waals surface area contributed by atoms with Crippen molar-refractivity contribution in [2.75, 3.05) is 6.61 Å². The van der Waals surface area contributed by atoms with Crippen molar-refractivity contribution >= 4 is 17.8 Å². The van der Waals surface area contributed by atoms with Gasteiger partial charge in [0.1, 0.15) is 6.04 Å². The predicted octanol–water partition coefficient (Wildman–Crippen LogP) is 8.11. The molecule has 0 unspecified atom stereocenters. The smallest absolute Gasteiger partial charge is 0.326 e. The summed E-state index contributed by atoms with van der Waals surface area (Å²) < 4.78 is 5.24. The van der Waals surface area contributed by atoms with Crippen molar-refractivity contribution in [1.29, 1.82) is 0 Å². The van der Waals surface area contributed by atoms with Gasteiger partial charge in [-0.25, -0.2) is 4.79 Å². The number of hydrogen-bond donors (Lipinski definition) is 2. The van der Waals surface area contributed by atoms with Crippen molar-refractivity contribution in [2.24, 2.45) is 0 Å². The number of esters is 1. The maximum Gasteiger partial charge on any atom is 0.326 e. The van der Waals surface area contributed by atoms with Gasteiger partial charge in [0.25, 0.3) is 0 Å². The predicted molar refractivity (Wildman–Crippen MR) is 148 cm³/mol. The van der Waals surface area contributed by atoms with E-state index in [0.717, 1.165) is 38.5 Å². The van der Waals surface area contributed by atoms with Gasteiger partial charge in [0, 0.05) is 12.8 Å². The zero-order chi connectivity index (χ0) is 26.7. The second-order valence-corrected chi connectivity index (χ2v) is 10.3. The first kappa shape index (κ1) is 34.4. The molecule has 0 aliphatic carbocycles. The SMILES string of the molecule is CCCCCCCCCCCCOC(=O)CC[C@H](NC(=O)CCCCCCCCCCCC)C(=O)O. The van der Waals surface area contributed by atoms with Crippen LogP contribution in [0.1, 0.15) is 162 Å². The molecule has 0 rings (SSSR count). The quantitative estimate of drug-likeness (QED) is 0.0858. The zero-order valence-corrected chi connectivity index (χ0v) is 23.6. The van der Waals surface area contributed by atoms with Crippen LogP contribution in [0.3, 0.4) is 0 Å². The Labute approximate surface area is 221 Å². The second kappa shape index (κ2) is 26.5. The van der Waals surface area contributed by atoms with Crippen LogP contribution < -0.4 is 5.32 Å². The Balaban J connectivity index is 3.72. The third-order valence-electron chi connectivity index (χ3n) is 6.79. The fourth-order valence-corrected chi connectivity index (χ4v) is 4.41. The van der Waals surface area contributed by atoms with Gasteiger partial charge in [-0.3, -0.25) is 9.59 Å². The van der Waals surface area contributed by atoms with Crippen molar-refractivity contribution in [1.82, 2.24) is 5.32 Å². The molecule has 0 aromatic rings. The van der Waals surface area contributed by atoms with Crippen molar-refractivity contribution in [3.8, 4) is 0 Å². The Morgan fingerprint density at radius 3 is 1.47 bits per heavy atom. The van der Waals surface area contributed by atoms with Gasteiger partial charge < -0.3 is 15.2 Å². The molecule has 6 heteroatoms. The molecule has 0 spiro atoms. The summed E-state index contributed by atoms with van der Waals surface area (Å²) in [5.41, 5.74) is 0. The lowest BCUT2D eigenvalue weighted by atomic mass is 10.1. The molecule has 0 bridgehead atoms. The van der Waals surface area contributed by atoms with Gasteiger partial charge in [-0.15, -0.1) is 0 Å². The Kier molecular flexibility index (Phi) is 25.3. The van der Waals surface area contributed by atoms with Crippen molar-refractivity contribution in [3.05, 3.63) is 0 Å². The van der Waals surface area contributed by atoms with Crippen molar-refractivity contribution < 1.29 is 24.2 Å². The number of rotatable bonds is 27. The second-order valence-electron chi connectivity index (χ2n) is 10.3. The summed E-state index contributed by atoms with van der Waals surface area (Å²) >= 11 is 0. The van der Waals surface area contributed by atoms with Crippen LogP contribution in [0.5, 0.6) is 0 Å². The number of aliphatic carboxylic acids is 1. The first-order valence-corrected chi connectivity index (χ1v) is 15.2. The van der Waals surface area contributed by atoms with Crippen LogP contribution in [0.15, 0.2) is 0 Å². The van der Waals surface area contributed by atoms with Crippen LogP contribution in [0.2, 0.25) is 0 Å². The van der Waals surface area contributed by atoms with E-state index in [-0.39, 0.29) is 24.7 Å². The highest BCUT2D eigenvalue weighted by Gasteiger charge is 2.21. The molecular formula is C30H57NO5. The molecule has 36 heavy (non-hydrogen) atoms. The van der Waals surface area contributed by atoms with Crippen LogP contribution in [0.25, 0.3) is 0 Å². The van der Waals surface area contributed by atoms with Crippen LogP contribution >= 0.6 is 0 Å². The minimum atomic E-state index is -1.10. The largest absolute Gasteiger partial charge is 0.480 e. The van der Waals surface area contributed by atoms with E-state index in [0.29, 0.717) is 13.0 Å². The van der Waals surface area contributed by atoms with Gasteiger partial charge >= 0.3 is 11.9 Å². The fraction of sp³-hybridized carbons (Fsp3) is 0.900. The summed E-state index contributed by atoms with van der Waals surface area (Å²) in [5, 5.41) is 12.0. The summed E-state index contributed by atoms with van der Waals surface area (Å²) in [4.78, 5) is 35.6. The van der Waals surface area contributed by atoms with E-state index in [1.54, 1.807) is 0 Å². The summed E-state index contributed by atoms with van der Waals surface area (Å²) in [6.45, 7) is 4.84. The molecule has 212 valence electrons. The molecule has 2 N–H and O–H groups in total. The molecule has 0 saturated carbocycles. The Bertz CT molecular complexity index is 537. The Morgan fingerprint density at radius 1 is 0.611 bits per heavy atom. The number of unbranched alkanes of at least 4 members (excludes halogenated alkanes) is 18. The zero-order valence-electron chi connectivity index (χ0n) is 23.6. The topological polar surface area (TPSA) is 92.7 Å². The molecule has 1 atom stereocenters. The maximum atomic E-state index is 12.1. The van der Waals surface area contributed by atoms with E-state index in [2.05, 4.69) is 19.2 Å². The number of amides is 1. The van der Waals surface area contributed by atoms with Gasteiger partial charge in [0.2, 0.25) is 5.91 Å².